The Morgan fingerprint density at radius 1 is 1.50 bits per heavy atom. The van der Waals surface area contributed by atoms with Crippen molar-refractivity contribution >= 4 is 5.97 Å². The van der Waals surface area contributed by atoms with Crippen molar-refractivity contribution in [2.45, 2.75) is 44.8 Å². The van der Waals surface area contributed by atoms with Crippen molar-refractivity contribution in [3.8, 4) is 0 Å². The number of aliphatic carboxylic acids is 1. The Morgan fingerprint density at radius 2 is 2.33 bits per heavy atom. The van der Waals surface area contributed by atoms with E-state index in [0.717, 1.165) is 18.1 Å². The summed E-state index contributed by atoms with van der Waals surface area (Å²) in [5.41, 5.74) is 0. The van der Waals surface area contributed by atoms with Crippen molar-refractivity contribution in [1.82, 2.24) is 14.8 Å². The van der Waals surface area contributed by atoms with Crippen LogP contribution in [0.15, 0.2) is 0 Å². The molecule has 1 aromatic heterocycles. The maximum absolute atomic E-state index is 11.1. The highest BCUT2D eigenvalue weighted by atomic mass is 16.5. The molecular weight excluding hydrogens is 234 g/mol. The van der Waals surface area contributed by atoms with Crippen LogP contribution in [0.3, 0.4) is 0 Å². The molecule has 3 atom stereocenters. The third kappa shape index (κ3) is 1.90. The quantitative estimate of drug-likeness (QED) is 0.842. The highest BCUT2D eigenvalue weighted by Gasteiger charge is 2.33. The van der Waals surface area contributed by atoms with Crippen LogP contribution in [-0.4, -0.2) is 38.6 Å². The number of carbonyl (C=O) groups is 1. The number of nitrogens with zero attached hydrogens (tertiary/aromatic N) is 3. The largest absolute Gasteiger partial charge is 0.481 e. The van der Waals surface area contributed by atoms with Crippen LogP contribution in [0, 0.1) is 5.92 Å². The van der Waals surface area contributed by atoms with Gasteiger partial charge in [0.1, 0.15) is 11.6 Å². The molecule has 18 heavy (non-hydrogen) atoms. The van der Waals surface area contributed by atoms with E-state index in [1.54, 1.807) is 0 Å². The number of hydrogen-bond acceptors (Lipinski definition) is 4. The van der Waals surface area contributed by atoms with Gasteiger partial charge in [0.25, 0.3) is 0 Å². The number of aromatic nitrogens is 3. The zero-order chi connectivity index (χ0) is 12.7. The Labute approximate surface area is 105 Å². The van der Waals surface area contributed by atoms with Crippen molar-refractivity contribution in [2.75, 3.05) is 6.61 Å². The van der Waals surface area contributed by atoms with Gasteiger partial charge < -0.3 is 14.4 Å². The molecule has 0 amide bonds. The third-order valence-electron chi connectivity index (χ3n) is 3.89. The van der Waals surface area contributed by atoms with Gasteiger partial charge in [-0.3, -0.25) is 4.79 Å². The predicted octanol–water partition coefficient (Wildman–Crippen LogP) is 0.817. The zero-order valence-electron chi connectivity index (χ0n) is 10.4. The predicted molar refractivity (Wildman–Crippen MR) is 62.2 cm³/mol. The molecule has 0 bridgehead atoms. The fourth-order valence-corrected chi connectivity index (χ4v) is 2.85. The third-order valence-corrected chi connectivity index (χ3v) is 3.89. The van der Waals surface area contributed by atoms with Gasteiger partial charge in [0, 0.05) is 18.9 Å². The molecule has 3 rings (SSSR count). The summed E-state index contributed by atoms with van der Waals surface area (Å²) < 4.78 is 7.55. The van der Waals surface area contributed by atoms with Gasteiger partial charge in [-0.2, -0.15) is 0 Å². The molecule has 2 aliphatic rings. The lowest BCUT2D eigenvalue weighted by atomic mass is 9.98. The summed E-state index contributed by atoms with van der Waals surface area (Å²) in [5.74, 6) is 1.04. The van der Waals surface area contributed by atoms with Gasteiger partial charge in [-0.05, 0) is 19.8 Å². The number of hydrogen-bond donors (Lipinski definition) is 1. The summed E-state index contributed by atoms with van der Waals surface area (Å²) >= 11 is 0. The minimum Gasteiger partial charge on any atom is -0.481 e. The molecule has 1 fully saturated rings. The van der Waals surface area contributed by atoms with Crippen molar-refractivity contribution in [3.63, 3.8) is 0 Å². The average Bonchev–Trinajstić information content (AvgIpc) is 2.93. The Morgan fingerprint density at radius 3 is 3.00 bits per heavy atom. The van der Waals surface area contributed by atoms with Crippen molar-refractivity contribution in [3.05, 3.63) is 11.6 Å². The van der Waals surface area contributed by atoms with E-state index in [0.29, 0.717) is 26.0 Å². The molecule has 0 saturated carbocycles. The normalized spacial score (nSPS) is 31.3. The van der Waals surface area contributed by atoms with E-state index in [9.17, 15) is 4.79 Å². The summed E-state index contributed by atoms with van der Waals surface area (Å²) in [7, 11) is 0. The summed E-state index contributed by atoms with van der Waals surface area (Å²) in [6, 6.07) is 0. The molecule has 6 nitrogen and oxygen atoms in total. The summed E-state index contributed by atoms with van der Waals surface area (Å²) in [5, 5.41) is 17.6. The van der Waals surface area contributed by atoms with E-state index in [1.165, 1.54) is 0 Å². The van der Waals surface area contributed by atoms with Crippen molar-refractivity contribution in [1.29, 1.82) is 0 Å². The minimum absolute atomic E-state index is 0.252. The van der Waals surface area contributed by atoms with Crippen LogP contribution in [0.1, 0.15) is 37.3 Å². The molecule has 2 aliphatic heterocycles. The number of ether oxygens (including phenoxy) is 1. The molecule has 6 heteroatoms. The standard InChI is InChI=1S/C12H17N3O3/c1-7-4-9(6-18-7)11-14-13-10-3-2-8(12(16)17)5-15(10)11/h7-9H,2-6H2,1H3,(H,16,17). The van der Waals surface area contributed by atoms with Crippen LogP contribution < -0.4 is 0 Å². The van der Waals surface area contributed by atoms with E-state index >= 15 is 0 Å². The second kappa shape index (κ2) is 4.35. The van der Waals surface area contributed by atoms with E-state index in [4.69, 9.17) is 9.84 Å². The number of carboxylic acids is 1. The van der Waals surface area contributed by atoms with Gasteiger partial charge in [-0.15, -0.1) is 10.2 Å². The van der Waals surface area contributed by atoms with Crippen LogP contribution in [0.2, 0.25) is 0 Å². The number of aryl methyl sites for hydroxylation is 1. The second-order valence-corrected chi connectivity index (χ2v) is 5.24. The Hall–Kier alpha value is -1.43. The minimum atomic E-state index is -0.726. The van der Waals surface area contributed by atoms with Crippen LogP contribution in [0.25, 0.3) is 0 Å². The molecule has 0 aromatic carbocycles. The molecule has 98 valence electrons. The fourth-order valence-electron chi connectivity index (χ4n) is 2.85. The first-order chi connectivity index (χ1) is 8.65. The van der Waals surface area contributed by atoms with Gasteiger partial charge in [-0.1, -0.05) is 0 Å². The Bertz CT molecular complexity index is 471. The van der Waals surface area contributed by atoms with Gasteiger partial charge in [0.05, 0.1) is 18.6 Å². The van der Waals surface area contributed by atoms with E-state index in [2.05, 4.69) is 10.2 Å². The SMILES string of the molecule is CC1CC(c2nnc3n2CC(C(=O)O)CC3)CO1. The molecule has 3 heterocycles. The first-order valence-corrected chi connectivity index (χ1v) is 6.41. The molecular formula is C12H17N3O3. The molecule has 1 aromatic rings. The van der Waals surface area contributed by atoms with E-state index in [-0.39, 0.29) is 17.9 Å². The average molecular weight is 251 g/mol. The van der Waals surface area contributed by atoms with Gasteiger partial charge in [0.15, 0.2) is 0 Å². The number of fused-ring (bicyclic) bond motifs is 1. The highest BCUT2D eigenvalue weighted by molar-refractivity contribution is 5.70. The lowest BCUT2D eigenvalue weighted by molar-refractivity contribution is -0.142. The lowest BCUT2D eigenvalue weighted by Gasteiger charge is -2.22. The smallest absolute Gasteiger partial charge is 0.308 e. The summed E-state index contributed by atoms with van der Waals surface area (Å²) in [4.78, 5) is 11.1. The molecule has 1 saturated heterocycles. The summed E-state index contributed by atoms with van der Waals surface area (Å²) in [6.07, 6.45) is 2.55. The van der Waals surface area contributed by atoms with Gasteiger partial charge >= 0.3 is 5.97 Å². The van der Waals surface area contributed by atoms with Crippen LogP contribution in [0.4, 0.5) is 0 Å². The van der Waals surface area contributed by atoms with Crippen LogP contribution >= 0.6 is 0 Å². The van der Waals surface area contributed by atoms with Crippen LogP contribution in [-0.2, 0) is 22.5 Å². The Kier molecular flexibility index (Phi) is 2.81. The Balaban J connectivity index is 1.85. The number of carboxylic acid groups (broad SMARTS) is 1. The molecule has 0 radical (unpaired) electrons. The fraction of sp³-hybridized carbons (Fsp3) is 0.750. The van der Waals surface area contributed by atoms with Crippen molar-refractivity contribution < 1.29 is 14.6 Å². The molecule has 0 spiro atoms. The lowest BCUT2D eigenvalue weighted by Crippen LogP contribution is -2.28. The maximum Gasteiger partial charge on any atom is 0.308 e. The van der Waals surface area contributed by atoms with Gasteiger partial charge in [0.2, 0.25) is 0 Å². The topological polar surface area (TPSA) is 77.2 Å². The molecule has 1 N–H and O–H groups in total. The highest BCUT2D eigenvalue weighted by Crippen LogP contribution is 2.30. The van der Waals surface area contributed by atoms with E-state index in [1.807, 2.05) is 11.5 Å². The van der Waals surface area contributed by atoms with Gasteiger partial charge in [-0.25, -0.2) is 0 Å². The first kappa shape index (κ1) is 11.6. The monoisotopic (exact) mass is 251 g/mol. The maximum atomic E-state index is 11.1. The van der Waals surface area contributed by atoms with Crippen LogP contribution in [0.5, 0.6) is 0 Å². The molecule has 0 aliphatic carbocycles. The zero-order valence-corrected chi connectivity index (χ0v) is 10.4. The van der Waals surface area contributed by atoms with E-state index < -0.39 is 5.97 Å². The van der Waals surface area contributed by atoms with Crippen molar-refractivity contribution in [2.24, 2.45) is 5.92 Å². The number of rotatable bonds is 2. The first-order valence-electron chi connectivity index (χ1n) is 6.41. The molecule has 3 unspecified atom stereocenters. The summed E-state index contributed by atoms with van der Waals surface area (Å²) in [6.45, 7) is 3.21. The second-order valence-electron chi connectivity index (χ2n) is 5.24.